The molecule has 0 bridgehead atoms. The normalized spacial score (nSPS) is 9.89. The van der Waals surface area contributed by atoms with Gasteiger partial charge < -0.3 is 4.74 Å². The van der Waals surface area contributed by atoms with Gasteiger partial charge >= 0.3 is 0 Å². The van der Waals surface area contributed by atoms with Crippen LogP contribution in [0.1, 0.15) is 42.9 Å². The number of nitriles is 1. The molecule has 0 saturated heterocycles. The van der Waals surface area contributed by atoms with Crippen molar-refractivity contribution in [3.05, 3.63) is 28.8 Å². The molecule has 0 heterocycles. The zero-order valence-electron chi connectivity index (χ0n) is 11.2. The van der Waals surface area contributed by atoms with E-state index in [4.69, 9.17) is 10.00 Å². The summed E-state index contributed by atoms with van der Waals surface area (Å²) in [7, 11) is 0. The quantitative estimate of drug-likeness (QED) is 0.722. The van der Waals surface area contributed by atoms with Crippen molar-refractivity contribution >= 4 is 5.78 Å². The topological polar surface area (TPSA) is 50.1 Å². The Labute approximate surface area is 108 Å². The summed E-state index contributed by atoms with van der Waals surface area (Å²) < 4.78 is 5.70. The molecule has 0 spiro atoms. The van der Waals surface area contributed by atoms with Crippen LogP contribution in [0.4, 0.5) is 0 Å². The molecule has 3 heteroatoms. The van der Waals surface area contributed by atoms with E-state index in [9.17, 15) is 4.79 Å². The number of hydrogen-bond acceptors (Lipinski definition) is 3. The van der Waals surface area contributed by atoms with Gasteiger partial charge in [-0.2, -0.15) is 5.26 Å². The number of benzene rings is 1. The number of hydrogen-bond donors (Lipinski definition) is 0. The van der Waals surface area contributed by atoms with E-state index in [1.54, 1.807) is 0 Å². The Morgan fingerprint density at radius 2 is 1.94 bits per heavy atom. The zero-order valence-corrected chi connectivity index (χ0v) is 11.2. The van der Waals surface area contributed by atoms with Crippen LogP contribution in [0.25, 0.3) is 0 Å². The molecule has 96 valence electrons. The van der Waals surface area contributed by atoms with Crippen molar-refractivity contribution in [1.82, 2.24) is 0 Å². The summed E-state index contributed by atoms with van der Waals surface area (Å²) in [6, 6.07) is 5.76. The van der Waals surface area contributed by atoms with Gasteiger partial charge in [0.15, 0.2) is 0 Å². The van der Waals surface area contributed by atoms with E-state index in [0.29, 0.717) is 25.0 Å². The zero-order chi connectivity index (χ0) is 13.5. The molecule has 1 rings (SSSR count). The summed E-state index contributed by atoms with van der Waals surface area (Å²) in [4.78, 5) is 11.1. The van der Waals surface area contributed by atoms with Crippen molar-refractivity contribution in [2.45, 2.75) is 40.0 Å². The highest BCUT2D eigenvalue weighted by Gasteiger charge is 2.06. The number of aryl methyl sites for hydroxylation is 2. The molecule has 1 aromatic carbocycles. The number of ether oxygens (including phenoxy) is 1. The van der Waals surface area contributed by atoms with Crippen LogP contribution in [0, 0.1) is 25.2 Å². The third-order valence-corrected chi connectivity index (χ3v) is 2.83. The van der Waals surface area contributed by atoms with Gasteiger partial charge in [-0.25, -0.2) is 0 Å². The maximum Gasteiger partial charge on any atom is 0.132 e. The molecule has 0 saturated carbocycles. The largest absolute Gasteiger partial charge is 0.493 e. The Kier molecular flexibility index (Phi) is 5.38. The number of nitrogens with zero attached hydrogens (tertiary/aromatic N) is 1. The molecular weight excluding hydrogens is 226 g/mol. The van der Waals surface area contributed by atoms with Gasteiger partial charge in [0.25, 0.3) is 0 Å². The highest BCUT2D eigenvalue weighted by atomic mass is 16.5. The molecule has 0 aromatic heterocycles. The number of Topliss-reactive ketones (excluding diaryl/α,β-unsaturated/α-hetero) is 1. The van der Waals surface area contributed by atoms with Crippen molar-refractivity contribution in [3.63, 3.8) is 0 Å². The number of rotatable bonds is 6. The summed E-state index contributed by atoms with van der Waals surface area (Å²) in [5, 5.41) is 8.85. The summed E-state index contributed by atoms with van der Waals surface area (Å²) in [6.07, 6.45) is 1.91. The van der Waals surface area contributed by atoms with E-state index in [2.05, 4.69) is 6.07 Å². The molecule has 0 fully saturated rings. The molecular formula is C15H19NO2. The monoisotopic (exact) mass is 245 g/mol. The minimum Gasteiger partial charge on any atom is -0.493 e. The second kappa shape index (κ2) is 6.80. The lowest BCUT2D eigenvalue weighted by atomic mass is 10.1. The Bertz CT molecular complexity index is 449. The van der Waals surface area contributed by atoms with E-state index in [1.807, 2.05) is 32.9 Å². The van der Waals surface area contributed by atoms with Gasteiger partial charge in [0.1, 0.15) is 11.5 Å². The first-order valence-corrected chi connectivity index (χ1v) is 6.24. The molecule has 0 N–H and O–H groups in total. The first kappa shape index (κ1) is 14.2. The van der Waals surface area contributed by atoms with Crippen LogP contribution in [-0.2, 0) is 4.79 Å². The van der Waals surface area contributed by atoms with Gasteiger partial charge in [0.2, 0.25) is 0 Å². The minimum atomic E-state index is 0.270. The van der Waals surface area contributed by atoms with Crippen LogP contribution in [0.3, 0.4) is 0 Å². The number of ketones is 1. The number of carbonyl (C=O) groups is 1. The van der Waals surface area contributed by atoms with Crippen LogP contribution < -0.4 is 4.74 Å². The Balaban J connectivity index is 2.58. The maximum atomic E-state index is 11.1. The van der Waals surface area contributed by atoms with Gasteiger partial charge in [-0.1, -0.05) is 6.92 Å². The van der Waals surface area contributed by atoms with Gasteiger partial charge in [-0.3, -0.25) is 4.79 Å². The van der Waals surface area contributed by atoms with Crippen LogP contribution in [-0.4, -0.2) is 12.4 Å². The van der Waals surface area contributed by atoms with Crippen molar-refractivity contribution in [2.75, 3.05) is 6.61 Å². The molecule has 18 heavy (non-hydrogen) atoms. The second-order valence-corrected chi connectivity index (χ2v) is 4.40. The van der Waals surface area contributed by atoms with Gasteiger partial charge in [0, 0.05) is 12.8 Å². The molecule has 0 amide bonds. The van der Waals surface area contributed by atoms with Gasteiger partial charge in [-0.15, -0.1) is 0 Å². The van der Waals surface area contributed by atoms with E-state index < -0.39 is 0 Å². The molecule has 0 aliphatic rings. The fourth-order valence-electron chi connectivity index (χ4n) is 1.86. The Morgan fingerprint density at radius 3 is 2.44 bits per heavy atom. The van der Waals surface area contributed by atoms with Crippen molar-refractivity contribution in [1.29, 1.82) is 5.26 Å². The fraction of sp³-hybridized carbons (Fsp3) is 0.467. The summed E-state index contributed by atoms with van der Waals surface area (Å²) >= 11 is 0. The lowest BCUT2D eigenvalue weighted by Gasteiger charge is -2.12. The van der Waals surface area contributed by atoms with E-state index in [-0.39, 0.29) is 5.78 Å². The Hall–Kier alpha value is -1.82. The first-order valence-electron chi connectivity index (χ1n) is 6.24. The average molecular weight is 245 g/mol. The summed E-state index contributed by atoms with van der Waals surface area (Å²) in [5.41, 5.74) is 2.58. The van der Waals surface area contributed by atoms with Crippen molar-refractivity contribution in [2.24, 2.45) is 0 Å². The molecule has 0 unspecified atom stereocenters. The Morgan fingerprint density at radius 1 is 1.33 bits per heavy atom. The summed E-state index contributed by atoms with van der Waals surface area (Å²) in [5.74, 6) is 1.10. The predicted octanol–water partition coefficient (Wildman–Crippen LogP) is 3.31. The third-order valence-electron chi connectivity index (χ3n) is 2.83. The van der Waals surface area contributed by atoms with Crippen LogP contribution in [0.15, 0.2) is 12.1 Å². The average Bonchev–Trinajstić information content (AvgIpc) is 2.36. The highest BCUT2D eigenvalue weighted by molar-refractivity contribution is 5.77. The number of carbonyl (C=O) groups excluding carboxylic acids is 1. The SMILES string of the molecule is CCC(=O)CCCOc1c(C)cc(C#N)cc1C. The highest BCUT2D eigenvalue weighted by Crippen LogP contribution is 2.24. The maximum absolute atomic E-state index is 11.1. The molecule has 0 aliphatic carbocycles. The standard InChI is InChI=1S/C15H19NO2/c1-4-14(17)6-5-7-18-15-11(2)8-13(10-16)9-12(15)3/h8-9H,4-7H2,1-3H3. The minimum absolute atomic E-state index is 0.270. The molecule has 3 nitrogen and oxygen atoms in total. The first-order chi connectivity index (χ1) is 8.58. The molecule has 0 aliphatic heterocycles. The lowest BCUT2D eigenvalue weighted by Crippen LogP contribution is -2.04. The molecule has 0 radical (unpaired) electrons. The van der Waals surface area contributed by atoms with Crippen molar-refractivity contribution in [3.8, 4) is 11.8 Å². The lowest BCUT2D eigenvalue weighted by molar-refractivity contribution is -0.118. The molecule has 0 atom stereocenters. The van der Waals surface area contributed by atoms with Crippen LogP contribution in [0.2, 0.25) is 0 Å². The fourth-order valence-corrected chi connectivity index (χ4v) is 1.86. The van der Waals surface area contributed by atoms with Crippen molar-refractivity contribution < 1.29 is 9.53 Å². The van der Waals surface area contributed by atoms with Gasteiger partial charge in [-0.05, 0) is 43.5 Å². The third kappa shape index (κ3) is 3.89. The van der Waals surface area contributed by atoms with Crippen LogP contribution >= 0.6 is 0 Å². The van der Waals surface area contributed by atoms with Crippen LogP contribution in [0.5, 0.6) is 5.75 Å². The van der Waals surface area contributed by atoms with E-state index in [0.717, 1.165) is 23.3 Å². The predicted molar refractivity (Wildman–Crippen MR) is 70.7 cm³/mol. The second-order valence-electron chi connectivity index (χ2n) is 4.40. The molecule has 1 aromatic rings. The van der Waals surface area contributed by atoms with E-state index >= 15 is 0 Å². The van der Waals surface area contributed by atoms with E-state index in [1.165, 1.54) is 0 Å². The summed E-state index contributed by atoms with van der Waals surface area (Å²) in [6.45, 7) is 6.28. The smallest absolute Gasteiger partial charge is 0.132 e. The van der Waals surface area contributed by atoms with Gasteiger partial charge in [0.05, 0.1) is 18.2 Å².